The Morgan fingerprint density at radius 1 is 0.298 bits per heavy atom. The van der Waals surface area contributed by atoms with Crippen LogP contribution in [0.25, 0.3) is 44.5 Å². The predicted molar refractivity (Wildman–Crippen MR) is 421 cm³/mol. The molecule has 8 aromatic carbocycles. The smallest absolute Gasteiger partial charge is 0.131 e. The number of hydrogen-bond acceptors (Lipinski definition) is 9. The number of ether oxygens (including phenoxy) is 4. The van der Waals surface area contributed by atoms with Crippen molar-refractivity contribution < 1.29 is 41.6 Å². The van der Waals surface area contributed by atoms with Crippen LogP contribution in [0.15, 0.2) is 146 Å². The Labute approximate surface area is 632 Å². The minimum Gasteiger partial charge on any atom is -0.497 e. The number of methoxy groups -OCH3 is 4. The number of benzene rings is 8. The fraction of sp³-hybridized carbons (Fsp3) is 0.455. The van der Waals surface area contributed by atoms with Crippen LogP contribution in [-0.4, -0.2) is 101 Å². The van der Waals surface area contributed by atoms with Crippen molar-refractivity contribution in [2.75, 3.05) is 28.4 Å². The molecule has 8 aromatic rings. The molecule has 1 N–H and O–H groups in total. The van der Waals surface area contributed by atoms with Crippen molar-refractivity contribution >= 4 is 34.8 Å². The van der Waals surface area contributed by atoms with E-state index in [4.69, 9.17) is 53.8 Å². The van der Waals surface area contributed by atoms with Crippen LogP contribution in [0.4, 0.5) is 17.6 Å². The van der Waals surface area contributed by atoms with Gasteiger partial charge in [-0.1, -0.05) is 98.5 Å². The van der Waals surface area contributed by atoms with Gasteiger partial charge >= 0.3 is 0 Å². The summed E-state index contributed by atoms with van der Waals surface area (Å²) in [5.74, 6) is 3.04. The van der Waals surface area contributed by atoms with Gasteiger partial charge in [0, 0.05) is 114 Å². The molecule has 0 amide bonds. The van der Waals surface area contributed by atoms with E-state index in [0.717, 1.165) is 92.9 Å². The maximum absolute atomic E-state index is 14.6. The number of aliphatic hydroxyl groups is 1. The van der Waals surface area contributed by atoms with Crippen LogP contribution in [0.2, 0.25) is 0 Å². The topological polar surface area (TPSA) is 70.1 Å². The number of alkyl halides is 3. The molecule has 560 valence electrons. The third-order valence-electron chi connectivity index (χ3n) is 22.1. The van der Waals surface area contributed by atoms with E-state index in [0.29, 0.717) is 111 Å². The average molecular weight is 1490 g/mol. The van der Waals surface area contributed by atoms with Crippen molar-refractivity contribution in [3.8, 4) is 67.5 Å². The molecule has 4 aliphatic heterocycles. The molecular formula is C88H109Cl3F4N4O5. The van der Waals surface area contributed by atoms with Gasteiger partial charge in [-0.3, -0.25) is 19.6 Å². The molecule has 4 saturated heterocycles. The lowest BCUT2D eigenvalue weighted by molar-refractivity contribution is 0.0953. The lowest BCUT2D eigenvalue weighted by Crippen LogP contribution is -2.43. The molecule has 9 nitrogen and oxygen atoms in total. The van der Waals surface area contributed by atoms with E-state index < -0.39 is 0 Å². The number of nitrogens with zero attached hydrogens (tertiary/aromatic N) is 4. The standard InChI is InChI=1S/3C22H27ClFNO.C22H28FNO2/c3*1-15-5-4-6-16(2)25(15)14-18-11-17(13-23)7-9-20(18)21-12-19(26-3)8-10-22(21)24;1-15-5-4-6-16(2)24(15)13-18-11-17(14-25)7-9-20(18)21-12-19(26-3)8-10-22(21)23/h3*7-12,15-16H,4-6,13-14H2,1-3H3;7-12,15-16,25H,4-6,13-14H2,1-3H3/t15-,16+;2*15-,16-;/m.10./s1. The molecule has 4 heterocycles. The molecule has 12 rings (SSSR count). The maximum Gasteiger partial charge on any atom is 0.131 e. The van der Waals surface area contributed by atoms with E-state index >= 15 is 0 Å². The van der Waals surface area contributed by atoms with Crippen molar-refractivity contribution in [1.82, 2.24) is 19.6 Å². The second kappa shape index (κ2) is 39.3. The van der Waals surface area contributed by atoms with E-state index in [1.165, 1.54) is 101 Å². The van der Waals surface area contributed by atoms with Crippen LogP contribution < -0.4 is 18.9 Å². The molecule has 4 aliphatic rings. The van der Waals surface area contributed by atoms with E-state index in [-0.39, 0.29) is 29.9 Å². The number of aliphatic hydroxyl groups excluding tert-OH is 1. The lowest BCUT2D eigenvalue weighted by atomic mass is 9.93. The van der Waals surface area contributed by atoms with Crippen LogP contribution in [0.1, 0.15) is 177 Å². The Balaban J connectivity index is 0.000000161. The van der Waals surface area contributed by atoms with Gasteiger partial charge in [-0.05, 0) is 246 Å². The van der Waals surface area contributed by atoms with Crippen molar-refractivity contribution in [3.63, 3.8) is 0 Å². The lowest BCUT2D eigenvalue weighted by Gasteiger charge is -2.39. The van der Waals surface area contributed by atoms with Crippen LogP contribution in [0.3, 0.4) is 0 Å². The Bertz CT molecular complexity index is 3530. The molecule has 104 heavy (non-hydrogen) atoms. The summed E-state index contributed by atoms with van der Waals surface area (Å²) in [6.07, 6.45) is 14.7. The molecule has 2 unspecified atom stereocenters. The highest BCUT2D eigenvalue weighted by Gasteiger charge is 2.31. The summed E-state index contributed by atoms with van der Waals surface area (Å²) < 4.78 is 79.5. The monoisotopic (exact) mass is 1480 g/mol. The molecule has 8 atom stereocenters. The summed E-state index contributed by atoms with van der Waals surface area (Å²) in [7, 11) is 6.40. The number of likely N-dealkylation sites (tertiary alicyclic amines) is 4. The molecule has 0 saturated carbocycles. The van der Waals surface area contributed by atoms with Gasteiger partial charge in [0.15, 0.2) is 0 Å². The van der Waals surface area contributed by atoms with Gasteiger partial charge in [0.05, 0.1) is 35.0 Å². The fourth-order valence-corrected chi connectivity index (χ4v) is 16.3. The molecule has 16 heteroatoms. The van der Waals surface area contributed by atoms with Crippen LogP contribution in [-0.2, 0) is 50.4 Å². The molecule has 0 spiro atoms. The predicted octanol–water partition coefficient (Wildman–Crippen LogP) is 22.8. The highest BCUT2D eigenvalue weighted by molar-refractivity contribution is 6.17. The number of piperidine rings is 4. The average Bonchev–Trinajstić information content (AvgIpc) is 0.813. The molecule has 0 aromatic heterocycles. The molecule has 0 bridgehead atoms. The van der Waals surface area contributed by atoms with Gasteiger partial charge in [0.25, 0.3) is 0 Å². The first kappa shape index (κ1) is 81.4. The first-order valence-electron chi connectivity index (χ1n) is 37.3. The molecule has 0 radical (unpaired) electrons. The zero-order valence-electron chi connectivity index (χ0n) is 63.1. The zero-order chi connectivity index (χ0) is 74.7. The van der Waals surface area contributed by atoms with Gasteiger partial charge in [-0.15, -0.1) is 34.8 Å². The van der Waals surface area contributed by atoms with E-state index in [2.05, 4.69) is 93.2 Å². The summed E-state index contributed by atoms with van der Waals surface area (Å²) in [5.41, 5.74) is 14.3. The highest BCUT2D eigenvalue weighted by Crippen LogP contribution is 2.40. The van der Waals surface area contributed by atoms with Gasteiger partial charge in [-0.2, -0.15) is 0 Å². The molecule has 4 fully saturated rings. The van der Waals surface area contributed by atoms with Crippen LogP contribution in [0, 0.1) is 23.3 Å². The normalized spacial score (nSPS) is 21.0. The van der Waals surface area contributed by atoms with E-state index in [9.17, 15) is 22.7 Å². The fourth-order valence-electron chi connectivity index (χ4n) is 15.8. The second-order valence-corrected chi connectivity index (χ2v) is 29.9. The summed E-state index contributed by atoms with van der Waals surface area (Å²) in [6.45, 7) is 21.4. The first-order chi connectivity index (χ1) is 50.1. The second-order valence-electron chi connectivity index (χ2n) is 29.1. The first-order valence-corrected chi connectivity index (χ1v) is 38.9. The third kappa shape index (κ3) is 20.9. The largest absolute Gasteiger partial charge is 0.497 e. The van der Waals surface area contributed by atoms with E-state index in [1.807, 2.05) is 54.6 Å². The van der Waals surface area contributed by atoms with Gasteiger partial charge in [0.2, 0.25) is 0 Å². The maximum atomic E-state index is 14.6. The Kier molecular flexibility index (Phi) is 30.7. The number of rotatable bonds is 20. The Hall–Kier alpha value is -6.65. The molecular weight excluding hydrogens is 1380 g/mol. The van der Waals surface area contributed by atoms with Crippen molar-refractivity contribution in [2.24, 2.45) is 0 Å². The van der Waals surface area contributed by atoms with E-state index in [1.54, 1.807) is 77.0 Å². The quantitative estimate of drug-likeness (QED) is 0.0594. The van der Waals surface area contributed by atoms with Gasteiger partial charge in [-0.25, -0.2) is 17.6 Å². The minimum absolute atomic E-state index is 0.0149. The SMILES string of the molecule is COc1ccc(F)c(-c2ccc(CCl)cc2CN2[C@@H](C)CCC[C@@H]2C)c1.COc1ccc(F)c(-c2ccc(CCl)cc2CN2[C@H](C)CCC[C@@H]2C)c1.COc1ccc(F)c(-c2ccc(CCl)cc2CN2[C@H](C)CCC[C@H]2C)c1.COc1ccc(F)c(-c2ccc(CO)cc2CN2C(C)CCCC2C)c1. The van der Waals surface area contributed by atoms with Crippen molar-refractivity contribution in [1.29, 1.82) is 0 Å². The van der Waals surface area contributed by atoms with Crippen molar-refractivity contribution in [2.45, 2.75) is 231 Å². The summed E-state index contributed by atoms with van der Waals surface area (Å²) in [5, 5.41) is 9.56. The van der Waals surface area contributed by atoms with Crippen molar-refractivity contribution in [3.05, 3.63) is 213 Å². The molecule has 0 aliphatic carbocycles. The Morgan fingerprint density at radius 2 is 0.500 bits per heavy atom. The number of halogens is 7. The van der Waals surface area contributed by atoms with Crippen LogP contribution >= 0.6 is 34.8 Å². The summed E-state index contributed by atoms with van der Waals surface area (Å²) in [6, 6.07) is 47.8. The highest BCUT2D eigenvalue weighted by atomic mass is 35.5. The minimum atomic E-state index is -0.261. The third-order valence-corrected chi connectivity index (χ3v) is 23.0. The summed E-state index contributed by atoms with van der Waals surface area (Å²) in [4.78, 5) is 10.1. The zero-order valence-corrected chi connectivity index (χ0v) is 65.4. The number of hydrogen-bond donors (Lipinski definition) is 1. The summed E-state index contributed by atoms with van der Waals surface area (Å²) >= 11 is 18.2. The Morgan fingerprint density at radius 3 is 0.692 bits per heavy atom. The van der Waals surface area contributed by atoms with Gasteiger partial charge in [0.1, 0.15) is 46.3 Å². The van der Waals surface area contributed by atoms with Crippen LogP contribution in [0.5, 0.6) is 23.0 Å². The van der Waals surface area contributed by atoms with Gasteiger partial charge < -0.3 is 24.1 Å².